The van der Waals surface area contributed by atoms with E-state index in [1.54, 1.807) is 38.0 Å². The maximum Gasteiger partial charge on any atom is -0.147 e. The van der Waals surface area contributed by atoms with E-state index in [1.807, 2.05) is 0 Å². The van der Waals surface area contributed by atoms with Gasteiger partial charge in [0.1, 0.15) is 0 Å². The Morgan fingerprint density at radius 1 is 0.824 bits per heavy atom. The van der Waals surface area contributed by atoms with E-state index in [-0.39, 0.29) is 36.6 Å². The van der Waals surface area contributed by atoms with Crippen molar-refractivity contribution >= 4 is 57.8 Å². The second-order valence-electron chi connectivity index (χ2n) is 3.83. The fourth-order valence-corrected chi connectivity index (χ4v) is 3.91. The number of hydrogen-bond donors (Lipinski definition) is 0. The summed E-state index contributed by atoms with van der Waals surface area (Å²) >= 11 is -0.497. The molecule has 102 valence electrons. The molecule has 0 aliphatic heterocycles. The van der Waals surface area contributed by atoms with Gasteiger partial charge in [-0.2, -0.15) is 0 Å². The minimum Gasteiger partial charge on any atom is -0.147 e. The topological polar surface area (TPSA) is 40.6 Å². The van der Waals surface area contributed by atoms with Crippen LogP contribution in [0.1, 0.15) is 12.8 Å². The van der Waals surface area contributed by atoms with Crippen molar-refractivity contribution in [3.8, 4) is 0 Å². The van der Waals surface area contributed by atoms with Gasteiger partial charge in [-0.05, 0) is 0 Å². The standard InChI is InChI=1S/2C5H10NO.2ClH.Sn/c2*1-4-5(7)6(2)3;;;/h2*1,4H2,2-3H3;2*1H;. The Morgan fingerprint density at radius 3 is 1.35 bits per heavy atom. The van der Waals surface area contributed by atoms with E-state index in [4.69, 9.17) is 0 Å². The third-order valence-corrected chi connectivity index (χ3v) is 5.47. The fraction of sp³-hybridized carbons (Fsp3) is 0.800. The molecule has 2 amide bonds. The fourth-order valence-electron chi connectivity index (χ4n) is 0.963. The summed E-state index contributed by atoms with van der Waals surface area (Å²) in [6, 6.07) is 0. The van der Waals surface area contributed by atoms with E-state index < -0.39 is 21.1 Å². The van der Waals surface area contributed by atoms with Gasteiger partial charge in [0.25, 0.3) is 0 Å². The molecule has 0 saturated heterocycles. The summed E-state index contributed by atoms with van der Waals surface area (Å²) in [5, 5.41) is 0. The molecule has 0 rings (SSSR count). The zero-order chi connectivity index (χ0) is 11.8. The first-order valence-corrected chi connectivity index (χ1v) is 9.09. The van der Waals surface area contributed by atoms with Gasteiger partial charge in [0, 0.05) is 0 Å². The van der Waals surface area contributed by atoms with Crippen molar-refractivity contribution < 1.29 is 9.59 Å². The van der Waals surface area contributed by atoms with Crippen LogP contribution in [0.4, 0.5) is 0 Å². The van der Waals surface area contributed by atoms with Crippen LogP contribution >= 0.6 is 24.8 Å². The summed E-state index contributed by atoms with van der Waals surface area (Å²) in [6.07, 6.45) is 1.32. The van der Waals surface area contributed by atoms with Gasteiger partial charge in [0.15, 0.2) is 0 Å². The van der Waals surface area contributed by atoms with Crippen LogP contribution in [0.15, 0.2) is 0 Å². The van der Waals surface area contributed by atoms with Crippen LogP contribution in [0, 0.1) is 0 Å². The molecule has 0 atom stereocenters. The predicted octanol–water partition coefficient (Wildman–Crippen LogP) is 1.33. The SMILES string of the molecule is CN(C)C(=O)C[CH2][Sn][CH2]CC(=O)N(C)C.Cl.Cl. The van der Waals surface area contributed by atoms with Gasteiger partial charge in [0.05, 0.1) is 0 Å². The first-order chi connectivity index (χ1) is 6.95. The van der Waals surface area contributed by atoms with Gasteiger partial charge < -0.3 is 0 Å². The van der Waals surface area contributed by atoms with Gasteiger partial charge in [0.2, 0.25) is 0 Å². The summed E-state index contributed by atoms with van der Waals surface area (Å²) in [5.41, 5.74) is 0. The molecule has 0 aromatic carbocycles. The van der Waals surface area contributed by atoms with Crippen LogP contribution in [0.25, 0.3) is 0 Å². The molecule has 0 heterocycles. The zero-order valence-electron chi connectivity index (χ0n) is 10.9. The Balaban J connectivity index is -0.000000980. The first kappa shape index (κ1) is 22.5. The van der Waals surface area contributed by atoms with Crippen molar-refractivity contribution in [3.63, 3.8) is 0 Å². The smallest absolute Gasteiger partial charge is 0.147 e. The van der Waals surface area contributed by atoms with Crippen molar-refractivity contribution in [3.05, 3.63) is 0 Å². The molecule has 7 heteroatoms. The van der Waals surface area contributed by atoms with Crippen LogP contribution in [-0.4, -0.2) is 70.9 Å². The number of amides is 2. The van der Waals surface area contributed by atoms with Crippen molar-refractivity contribution in [1.82, 2.24) is 9.80 Å². The zero-order valence-corrected chi connectivity index (χ0v) is 15.3. The molecular formula is C10H22Cl2N2O2Sn. The van der Waals surface area contributed by atoms with Gasteiger partial charge in [-0.1, -0.05) is 0 Å². The van der Waals surface area contributed by atoms with E-state index in [9.17, 15) is 9.59 Å². The Morgan fingerprint density at radius 2 is 1.12 bits per heavy atom. The van der Waals surface area contributed by atoms with Crippen LogP contribution in [-0.2, 0) is 9.59 Å². The van der Waals surface area contributed by atoms with Crippen molar-refractivity contribution in [2.75, 3.05) is 28.2 Å². The molecule has 0 aromatic rings. The first-order valence-electron chi connectivity index (χ1n) is 5.06. The molecule has 17 heavy (non-hydrogen) atoms. The van der Waals surface area contributed by atoms with Crippen LogP contribution in [0.5, 0.6) is 0 Å². The Kier molecular flexibility index (Phi) is 16.9. The van der Waals surface area contributed by atoms with Gasteiger partial charge in [-0.25, -0.2) is 0 Å². The minimum absolute atomic E-state index is 0. The van der Waals surface area contributed by atoms with E-state index in [0.717, 1.165) is 8.87 Å². The van der Waals surface area contributed by atoms with Crippen molar-refractivity contribution in [2.45, 2.75) is 21.7 Å². The van der Waals surface area contributed by atoms with Crippen LogP contribution in [0.3, 0.4) is 0 Å². The number of hydrogen-bond acceptors (Lipinski definition) is 2. The van der Waals surface area contributed by atoms with Crippen LogP contribution in [0.2, 0.25) is 8.87 Å². The Hall–Kier alpha value is 0.319. The van der Waals surface area contributed by atoms with E-state index >= 15 is 0 Å². The molecular weight excluding hydrogens is 370 g/mol. The van der Waals surface area contributed by atoms with Crippen molar-refractivity contribution in [1.29, 1.82) is 0 Å². The largest absolute Gasteiger partial charge is 0.147 e. The number of nitrogens with zero attached hydrogens (tertiary/aromatic N) is 2. The molecule has 2 radical (unpaired) electrons. The maximum absolute atomic E-state index is 11.2. The van der Waals surface area contributed by atoms with E-state index in [0.29, 0.717) is 12.8 Å². The molecule has 0 aliphatic rings. The second-order valence-corrected chi connectivity index (χ2v) is 8.11. The second kappa shape index (κ2) is 12.8. The minimum atomic E-state index is -0.497. The average Bonchev–Trinajstić information content (AvgIpc) is 2.16. The molecule has 0 bridgehead atoms. The predicted molar refractivity (Wildman–Crippen MR) is 76.5 cm³/mol. The number of halogens is 2. The molecule has 0 unspecified atom stereocenters. The molecule has 0 N–H and O–H groups in total. The number of carbonyl (C=O) groups is 2. The Labute approximate surface area is 127 Å². The maximum atomic E-state index is 11.2. The summed E-state index contributed by atoms with van der Waals surface area (Å²) in [5.74, 6) is 0.407. The summed E-state index contributed by atoms with van der Waals surface area (Å²) in [4.78, 5) is 25.7. The van der Waals surface area contributed by atoms with Gasteiger partial charge in [-0.15, -0.1) is 24.8 Å². The molecule has 0 aliphatic carbocycles. The third kappa shape index (κ3) is 12.6. The molecule has 4 nitrogen and oxygen atoms in total. The number of carbonyl (C=O) groups excluding carboxylic acids is 2. The quantitative estimate of drug-likeness (QED) is 0.506. The van der Waals surface area contributed by atoms with E-state index in [1.165, 1.54) is 0 Å². The van der Waals surface area contributed by atoms with Crippen molar-refractivity contribution in [2.24, 2.45) is 0 Å². The average molecular weight is 392 g/mol. The van der Waals surface area contributed by atoms with E-state index in [2.05, 4.69) is 0 Å². The normalized spacial score (nSPS) is 8.71. The van der Waals surface area contributed by atoms with Gasteiger partial charge >= 0.3 is 102 Å². The molecule has 0 fully saturated rings. The Bertz CT molecular complexity index is 204. The summed E-state index contributed by atoms with van der Waals surface area (Å²) in [6.45, 7) is 0. The van der Waals surface area contributed by atoms with Gasteiger partial charge in [-0.3, -0.25) is 0 Å². The van der Waals surface area contributed by atoms with Crippen LogP contribution < -0.4 is 0 Å². The molecule has 0 saturated carbocycles. The molecule has 0 spiro atoms. The summed E-state index contributed by atoms with van der Waals surface area (Å²) < 4.78 is 2.09. The molecule has 0 aromatic heterocycles. The number of rotatable bonds is 6. The monoisotopic (exact) mass is 392 g/mol. The third-order valence-electron chi connectivity index (χ3n) is 2.03. The summed E-state index contributed by atoms with van der Waals surface area (Å²) in [7, 11) is 7.12.